The monoisotopic (exact) mass is 351 g/mol. The van der Waals surface area contributed by atoms with E-state index < -0.39 is 0 Å². The van der Waals surface area contributed by atoms with E-state index >= 15 is 0 Å². The highest BCUT2D eigenvalue weighted by atomic mass is 16.5. The second-order valence-electron chi connectivity index (χ2n) is 6.08. The zero-order valence-electron chi connectivity index (χ0n) is 14.1. The molecule has 0 radical (unpaired) electrons. The lowest BCUT2D eigenvalue weighted by molar-refractivity contribution is 0.403. The van der Waals surface area contributed by atoms with E-state index in [4.69, 9.17) is 4.74 Å². The van der Waals surface area contributed by atoms with Crippen molar-refractivity contribution in [3.05, 3.63) is 58.6 Å². The number of benzene rings is 2. The van der Waals surface area contributed by atoms with Gasteiger partial charge in [0, 0.05) is 17.4 Å². The Morgan fingerprint density at radius 1 is 1.15 bits per heavy atom. The number of aromatic nitrogens is 3. The first-order chi connectivity index (χ1) is 12.6. The average molecular weight is 351 g/mol. The Kier molecular flexibility index (Phi) is 3.76. The normalized spacial score (nSPS) is 11.3. The maximum absolute atomic E-state index is 12.8. The van der Waals surface area contributed by atoms with Crippen LogP contribution in [0, 0.1) is 0 Å². The van der Waals surface area contributed by atoms with Crippen LogP contribution in [0.2, 0.25) is 0 Å². The van der Waals surface area contributed by atoms with Crippen molar-refractivity contribution in [3.63, 3.8) is 0 Å². The summed E-state index contributed by atoms with van der Waals surface area (Å²) in [4.78, 5) is 20.3. The second kappa shape index (κ2) is 6.11. The molecule has 7 heteroatoms. The number of aromatic amines is 1. The quantitative estimate of drug-likeness (QED) is 0.491. The molecule has 2 aromatic heterocycles. The zero-order valence-corrected chi connectivity index (χ0v) is 14.1. The van der Waals surface area contributed by atoms with E-state index in [1.807, 2.05) is 18.2 Å². The average Bonchev–Trinajstić information content (AvgIpc) is 3.02. The van der Waals surface area contributed by atoms with E-state index in [1.165, 1.54) is 23.0 Å². The Balaban J connectivity index is 1.70. The molecule has 4 aromatic rings. The molecule has 0 spiro atoms. The van der Waals surface area contributed by atoms with Crippen LogP contribution in [-0.2, 0) is 13.0 Å². The van der Waals surface area contributed by atoms with E-state index in [1.54, 1.807) is 13.2 Å². The number of fused-ring (bicyclic) bond motifs is 3. The molecule has 132 valence electrons. The van der Waals surface area contributed by atoms with Crippen LogP contribution in [0.15, 0.2) is 47.5 Å². The van der Waals surface area contributed by atoms with E-state index in [2.05, 4.69) is 9.97 Å². The second-order valence-corrected chi connectivity index (χ2v) is 6.08. The van der Waals surface area contributed by atoms with Crippen LogP contribution in [0.4, 0.5) is 0 Å². The highest BCUT2D eigenvalue weighted by Gasteiger charge is 2.12. The van der Waals surface area contributed by atoms with Gasteiger partial charge < -0.3 is 19.9 Å². The number of phenolic OH excluding ortho intramolecular Hbond substituents is 2. The van der Waals surface area contributed by atoms with Gasteiger partial charge in [-0.15, -0.1) is 0 Å². The van der Waals surface area contributed by atoms with Gasteiger partial charge >= 0.3 is 0 Å². The molecule has 0 aliphatic heterocycles. The fourth-order valence-electron chi connectivity index (χ4n) is 3.03. The third kappa shape index (κ3) is 2.63. The molecule has 0 saturated carbocycles. The number of methoxy groups -OCH3 is 1. The van der Waals surface area contributed by atoms with Gasteiger partial charge in [-0.2, -0.15) is 0 Å². The van der Waals surface area contributed by atoms with Crippen molar-refractivity contribution >= 4 is 21.9 Å². The number of aryl methyl sites for hydroxylation is 2. The Morgan fingerprint density at radius 3 is 2.77 bits per heavy atom. The maximum atomic E-state index is 12.8. The van der Waals surface area contributed by atoms with Gasteiger partial charge in [0.1, 0.15) is 16.8 Å². The van der Waals surface area contributed by atoms with Gasteiger partial charge in [-0.3, -0.25) is 9.36 Å². The summed E-state index contributed by atoms with van der Waals surface area (Å²) in [6.07, 6.45) is 2.05. The summed E-state index contributed by atoms with van der Waals surface area (Å²) in [7, 11) is 1.59. The third-order valence-corrected chi connectivity index (χ3v) is 4.46. The highest BCUT2D eigenvalue weighted by Crippen LogP contribution is 2.26. The minimum Gasteiger partial charge on any atom is -0.504 e. The van der Waals surface area contributed by atoms with Crippen LogP contribution in [0.5, 0.6) is 17.2 Å². The maximum Gasteiger partial charge on any atom is 0.277 e. The van der Waals surface area contributed by atoms with Crippen LogP contribution >= 0.6 is 0 Å². The number of aromatic hydroxyl groups is 2. The lowest BCUT2D eigenvalue weighted by Crippen LogP contribution is -2.21. The molecule has 3 N–H and O–H groups in total. The Hall–Kier alpha value is -3.48. The third-order valence-electron chi connectivity index (χ3n) is 4.46. The number of hydrogen-bond donors (Lipinski definition) is 3. The van der Waals surface area contributed by atoms with Crippen LogP contribution in [0.3, 0.4) is 0 Å². The van der Waals surface area contributed by atoms with Crippen molar-refractivity contribution in [2.24, 2.45) is 0 Å². The minimum absolute atomic E-state index is 0.159. The van der Waals surface area contributed by atoms with Gasteiger partial charge in [-0.1, -0.05) is 6.07 Å². The van der Waals surface area contributed by atoms with Gasteiger partial charge in [0.25, 0.3) is 5.56 Å². The number of ether oxygens (including phenoxy) is 1. The Bertz CT molecular complexity index is 1180. The predicted octanol–water partition coefficient (Wildman–Crippen LogP) is 2.54. The first kappa shape index (κ1) is 16.0. The standard InChI is InChI=1S/C19H17N3O4/c1-26-12-3-4-14-13(9-12)17-18(21-14)19(25)22(10-20-17)7-6-11-2-5-15(23)16(24)8-11/h2-5,8-10,21,23-24H,6-7H2,1H3. The van der Waals surface area contributed by atoms with Crippen LogP contribution in [-0.4, -0.2) is 31.9 Å². The first-order valence-electron chi connectivity index (χ1n) is 8.12. The topological polar surface area (TPSA) is 100 Å². The van der Waals surface area contributed by atoms with Crippen molar-refractivity contribution in [1.29, 1.82) is 0 Å². The molecular formula is C19H17N3O4. The van der Waals surface area contributed by atoms with E-state index in [0.717, 1.165) is 16.5 Å². The Labute approximate surface area is 148 Å². The number of rotatable bonds is 4. The smallest absolute Gasteiger partial charge is 0.277 e. The summed E-state index contributed by atoms with van der Waals surface area (Å²) in [5.41, 5.74) is 2.54. The van der Waals surface area contributed by atoms with Gasteiger partial charge in [0.15, 0.2) is 11.5 Å². The summed E-state index contributed by atoms with van der Waals surface area (Å²) in [6.45, 7) is 0.407. The zero-order chi connectivity index (χ0) is 18.3. The number of hydrogen-bond acceptors (Lipinski definition) is 5. The van der Waals surface area contributed by atoms with Gasteiger partial charge in [-0.25, -0.2) is 4.98 Å². The summed E-state index contributed by atoms with van der Waals surface area (Å²) in [5.74, 6) is 0.368. The van der Waals surface area contributed by atoms with Crippen molar-refractivity contribution in [2.75, 3.05) is 7.11 Å². The molecular weight excluding hydrogens is 334 g/mol. The molecule has 4 rings (SSSR count). The van der Waals surface area contributed by atoms with Crippen LogP contribution in [0.1, 0.15) is 5.56 Å². The molecule has 7 nitrogen and oxygen atoms in total. The Morgan fingerprint density at radius 2 is 2.00 bits per heavy atom. The molecule has 0 amide bonds. The minimum atomic E-state index is -0.173. The molecule has 0 fully saturated rings. The summed E-state index contributed by atoms with van der Waals surface area (Å²) in [6, 6.07) is 10.2. The molecule has 26 heavy (non-hydrogen) atoms. The van der Waals surface area contributed by atoms with Gasteiger partial charge in [0.2, 0.25) is 0 Å². The lowest BCUT2D eigenvalue weighted by Gasteiger charge is -2.06. The van der Waals surface area contributed by atoms with E-state index in [9.17, 15) is 15.0 Å². The number of nitrogens with zero attached hydrogens (tertiary/aromatic N) is 2. The molecule has 2 heterocycles. The molecule has 0 bridgehead atoms. The number of nitrogens with one attached hydrogen (secondary N) is 1. The molecule has 0 atom stereocenters. The SMILES string of the molecule is COc1ccc2[nH]c3c(=O)n(CCc4ccc(O)c(O)c4)cnc3c2c1. The lowest BCUT2D eigenvalue weighted by atomic mass is 10.1. The molecule has 2 aromatic carbocycles. The van der Waals surface area contributed by atoms with Crippen molar-refractivity contribution in [2.45, 2.75) is 13.0 Å². The first-order valence-corrected chi connectivity index (χ1v) is 8.12. The highest BCUT2D eigenvalue weighted by molar-refractivity contribution is 6.04. The van der Waals surface area contributed by atoms with Crippen LogP contribution < -0.4 is 10.3 Å². The van der Waals surface area contributed by atoms with Crippen LogP contribution in [0.25, 0.3) is 21.9 Å². The number of H-pyrrole nitrogens is 1. The molecule has 0 aliphatic carbocycles. The largest absolute Gasteiger partial charge is 0.504 e. The molecule has 0 saturated heterocycles. The van der Waals surface area contributed by atoms with Crippen molar-refractivity contribution in [3.8, 4) is 17.2 Å². The van der Waals surface area contributed by atoms with Crippen molar-refractivity contribution in [1.82, 2.24) is 14.5 Å². The summed E-state index contributed by atoms with van der Waals surface area (Å²) < 4.78 is 6.76. The van der Waals surface area contributed by atoms with Gasteiger partial charge in [-0.05, 0) is 42.3 Å². The van der Waals surface area contributed by atoms with E-state index in [-0.39, 0.29) is 17.1 Å². The molecule has 0 unspecified atom stereocenters. The predicted molar refractivity (Wildman–Crippen MR) is 97.9 cm³/mol. The fraction of sp³-hybridized carbons (Fsp3) is 0.158. The number of phenols is 2. The summed E-state index contributed by atoms with van der Waals surface area (Å²) in [5, 5.41) is 19.8. The fourth-order valence-corrected chi connectivity index (χ4v) is 3.03. The van der Waals surface area contributed by atoms with Crippen molar-refractivity contribution < 1.29 is 14.9 Å². The molecule has 0 aliphatic rings. The summed E-state index contributed by atoms with van der Waals surface area (Å²) >= 11 is 0. The van der Waals surface area contributed by atoms with E-state index in [0.29, 0.717) is 29.7 Å². The van der Waals surface area contributed by atoms with Gasteiger partial charge in [0.05, 0.1) is 13.4 Å².